The Balaban J connectivity index is 2.28. The molecular weight excluding hydrogens is 360 g/mol. The topological polar surface area (TPSA) is 109 Å². The van der Waals surface area contributed by atoms with Gasteiger partial charge in [-0.1, -0.05) is 42.5 Å². The van der Waals surface area contributed by atoms with Gasteiger partial charge in [0.05, 0.1) is 7.11 Å². The summed E-state index contributed by atoms with van der Waals surface area (Å²) in [4.78, 5) is 23.5. The lowest BCUT2D eigenvalue weighted by molar-refractivity contribution is -0.144. The first-order chi connectivity index (χ1) is 13.5. The van der Waals surface area contributed by atoms with Crippen LogP contribution in [-0.2, 0) is 16.1 Å². The first-order valence-corrected chi connectivity index (χ1v) is 8.46. The van der Waals surface area contributed by atoms with Gasteiger partial charge in [0.15, 0.2) is 17.6 Å². The predicted octanol–water partition coefficient (Wildman–Crippen LogP) is 2.77. The number of methoxy groups -OCH3 is 1. The summed E-state index contributed by atoms with van der Waals surface area (Å²) in [6.45, 7) is 1.65. The molecule has 7 nitrogen and oxygen atoms in total. The lowest BCUT2D eigenvalue weighted by Gasteiger charge is -2.16. The van der Waals surface area contributed by atoms with Crippen molar-refractivity contribution >= 4 is 18.0 Å². The van der Waals surface area contributed by atoms with Crippen molar-refractivity contribution in [2.45, 2.75) is 19.6 Å². The Morgan fingerprint density at radius 3 is 2.54 bits per heavy atom. The number of benzene rings is 2. The minimum absolute atomic E-state index is 0.142. The average Bonchev–Trinajstić information content (AvgIpc) is 2.71. The number of rotatable bonds is 8. The Bertz CT molecular complexity index is 916. The van der Waals surface area contributed by atoms with E-state index < -0.39 is 18.0 Å². The molecule has 1 atom stereocenters. The first-order valence-electron chi connectivity index (χ1n) is 8.46. The van der Waals surface area contributed by atoms with Crippen LogP contribution in [0, 0.1) is 11.3 Å². The number of ether oxygens (including phenoxy) is 2. The van der Waals surface area contributed by atoms with Crippen molar-refractivity contribution in [1.82, 2.24) is 5.32 Å². The van der Waals surface area contributed by atoms with Crippen molar-refractivity contribution in [3.05, 3.63) is 65.2 Å². The molecule has 0 saturated heterocycles. The summed E-state index contributed by atoms with van der Waals surface area (Å²) >= 11 is 0. The Labute approximate surface area is 162 Å². The standard InChI is InChI=1S/C21H20N2O5/c1-14(21(25)26)28-19-16(9-6-10-18(19)27-2)11-17(12-22)20(24)23-13-15-7-4-3-5-8-15/h3-11,14H,13H2,1-2H3,(H,23,24)(H,25,26)/b17-11-/t14-/m1/s1. The first kappa shape index (κ1) is 20.5. The van der Waals surface area contributed by atoms with E-state index in [9.17, 15) is 14.9 Å². The zero-order valence-electron chi connectivity index (χ0n) is 15.5. The van der Waals surface area contributed by atoms with E-state index in [4.69, 9.17) is 14.6 Å². The number of carbonyl (C=O) groups excluding carboxylic acids is 1. The Kier molecular flexibility index (Phi) is 7.17. The summed E-state index contributed by atoms with van der Waals surface area (Å²) < 4.78 is 10.7. The minimum atomic E-state index is -1.15. The van der Waals surface area contributed by atoms with Gasteiger partial charge in [-0.15, -0.1) is 0 Å². The number of para-hydroxylation sites is 1. The van der Waals surface area contributed by atoms with E-state index in [-0.39, 0.29) is 17.9 Å². The average molecular weight is 380 g/mol. The molecule has 2 aromatic rings. The molecule has 0 radical (unpaired) electrons. The highest BCUT2D eigenvalue weighted by Gasteiger charge is 2.19. The number of nitrogens with one attached hydrogen (secondary N) is 1. The minimum Gasteiger partial charge on any atom is -0.493 e. The van der Waals surface area contributed by atoms with Crippen molar-refractivity contribution in [3.8, 4) is 17.6 Å². The van der Waals surface area contributed by atoms with E-state index in [0.717, 1.165) is 5.56 Å². The molecule has 0 spiro atoms. The Hall–Kier alpha value is -3.79. The SMILES string of the molecule is COc1cccc(/C=C(/C#N)C(=O)NCc2ccccc2)c1O[C@H](C)C(=O)O. The molecule has 2 aromatic carbocycles. The van der Waals surface area contributed by atoms with Crippen LogP contribution < -0.4 is 14.8 Å². The molecular formula is C21H20N2O5. The molecule has 2 rings (SSSR count). The molecule has 0 aliphatic heterocycles. The van der Waals surface area contributed by atoms with Crippen molar-refractivity contribution in [2.24, 2.45) is 0 Å². The fourth-order valence-corrected chi connectivity index (χ4v) is 2.34. The highest BCUT2D eigenvalue weighted by atomic mass is 16.5. The molecule has 0 aliphatic rings. The Morgan fingerprint density at radius 2 is 1.93 bits per heavy atom. The molecule has 144 valence electrons. The molecule has 1 amide bonds. The van der Waals surface area contributed by atoms with Crippen molar-refractivity contribution < 1.29 is 24.2 Å². The normalized spacial score (nSPS) is 11.8. The van der Waals surface area contributed by atoms with Crippen molar-refractivity contribution in [2.75, 3.05) is 7.11 Å². The van der Waals surface area contributed by atoms with Crippen LogP contribution in [0.3, 0.4) is 0 Å². The summed E-state index contributed by atoms with van der Waals surface area (Å²) in [6.07, 6.45) is 0.202. The van der Waals surface area contributed by atoms with E-state index in [1.165, 1.54) is 20.1 Å². The molecule has 0 aromatic heterocycles. The number of carbonyl (C=O) groups is 2. The highest BCUT2D eigenvalue weighted by Crippen LogP contribution is 2.33. The van der Waals surface area contributed by atoms with Crippen LogP contribution in [0.2, 0.25) is 0 Å². The second kappa shape index (κ2) is 9.78. The van der Waals surface area contributed by atoms with Crippen LogP contribution in [0.5, 0.6) is 11.5 Å². The Morgan fingerprint density at radius 1 is 1.21 bits per heavy atom. The maximum Gasteiger partial charge on any atom is 0.344 e. The molecule has 0 saturated carbocycles. The molecule has 0 fully saturated rings. The third kappa shape index (κ3) is 5.35. The third-order valence-corrected chi connectivity index (χ3v) is 3.83. The second-order valence-electron chi connectivity index (χ2n) is 5.82. The summed E-state index contributed by atoms with van der Waals surface area (Å²) in [6, 6.07) is 16.0. The maximum absolute atomic E-state index is 12.4. The summed E-state index contributed by atoms with van der Waals surface area (Å²) in [5.41, 5.74) is 1.12. The summed E-state index contributed by atoms with van der Waals surface area (Å²) in [5.74, 6) is -1.26. The molecule has 2 N–H and O–H groups in total. The molecule has 0 bridgehead atoms. The zero-order valence-corrected chi connectivity index (χ0v) is 15.5. The molecule has 28 heavy (non-hydrogen) atoms. The number of amides is 1. The van der Waals surface area contributed by atoms with Gasteiger partial charge in [0.1, 0.15) is 11.6 Å². The number of hydrogen-bond acceptors (Lipinski definition) is 5. The van der Waals surface area contributed by atoms with Crippen molar-refractivity contribution in [3.63, 3.8) is 0 Å². The second-order valence-corrected chi connectivity index (χ2v) is 5.82. The van der Waals surface area contributed by atoms with Gasteiger partial charge in [-0.3, -0.25) is 4.79 Å². The van der Waals surface area contributed by atoms with Crippen LogP contribution in [0.4, 0.5) is 0 Å². The molecule has 0 aliphatic carbocycles. The van der Waals surface area contributed by atoms with Gasteiger partial charge in [0, 0.05) is 12.1 Å². The van der Waals surface area contributed by atoms with Crippen LogP contribution in [-0.4, -0.2) is 30.2 Å². The van der Waals surface area contributed by atoms with E-state index in [2.05, 4.69) is 5.32 Å². The van der Waals surface area contributed by atoms with Gasteiger partial charge in [-0.2, -0.15) is 5.26 Å². The lowest BCUT2D eigenvalue weighted by atomic mass is 10.1. The van der Waals surface area contributed by atoms with Gasteiger partial charge in [-0.05, 0) is 24.6 Å². The van der Waals surface area contributed by atoms with E-state index in [0.29, 0.717) is 11.3 Å². The lowest BCUT2D eigenvalue weighted by Crippen LogP contribution is -2.24. The molecule has 7 heteroatoms. The number of carboxylic acids is 1. The fraction of sp³-hybridized carbons (Fsp3) is 0.190. The quantitative estimate of drug-likeness (QED) is 0.538. The van der Waals surface area contributed by atoms with Gasteiger partial charge in [0.25, 0.3) is 5.91 Å². The smallest absolute Gasteiger partial charge is 0.344 e. The number of aliphatic carboxylic acids is 1. The number of hydrogen-bond donors (Lipinski definition) is 2. The van der Waals surface area contributed by atoms with Crippen LogP contribution in [0.15, 0.2) is 54.1 Å². The van der Waals surface area contributed by atoms with Crippen LogP contribution in [0.25, 0.3) is 6.08 Å². The predicted molar refractivity (Wildman–Crippen MR) is 103 cm³/mol. The van der Waals surface area contributed by atoms with Crippen LogP contribution >= 0.6 is 0 Å². The van der Waals surface area contributed by atoms with Gasteiger partial charge >= 0.3 is 5.97 Å². The number of nitrogens with zero attached hydrogens (tertiary/aromatic N) is 1. The van der Waals surface area contributed by atoms with Gasteiger partial charge < -0.3 is 19.9 Å². The zero-order chi connectivity index (χ0) is 20.5. The van der Waals surface area contributed by atoms with Crippen LogP contribution in [0.1, 0.15) is 18.1 Å². The van der Waals surface area contributed by atoms with Gasteiger partial charge in [-0.25, -0.2) is 4.79 Å². The van der Waals surface area contributed by atoms with Gasteiger partial charge in [0.2, 0.25) is 0 Å². The molecule has 0 heterocycles. The third-order valence-electron chi connectivity index (χ3n) is 3.83. The largest absolute Gasteiger partial charge is 0.493 e. The van der Waals surface area contributed by atoms with E-state index in [1.54, 1.807) is 18.2 Å². The molecule has 0 unspecified atom stereocenters. The fourth-order valence-electron chi connectivity index (χ4n) is 2.34. The number of nitriles is 1. The summed E-state index contributed by atoms with van der Waals surface area (Å²) in [5, 5.41) is 21.2. The van der Waals surface area contributed by atoms with Crippen molar-refractivity contribution in [1.29, 1.82) is 5.26 Å². The monoisotopic (exact) mass is 380 g/mol. The van der Waals surface area contributed by atoms with E-state index >= 15 is 0 Å². The highest BCUT2D eigenvalue weighted by molar-refractivity contribution is 6.02. The number of carboxylic acid groups (broad SMARTS) is 1. The van der Waals surface area contributed by atoms with E-state index in [1.807, 2.05) is 36.4 Å². The summed E-state index contributed by atoms with van der Waals surface area (Å²) in [7, 11) is 1.42. The maximum atomic E-state index is 12.4.